The van der Waals surface area contributed by atoms with Crippen LogP contribution in [0.2, 0.25) is 0 Å². The van der Waals surface area contributed by atoms with Crippen LogP contribution in [0.25, 0.3) is 0 Å². The van der Waals surface area contributed by atoms with Crippen molar-refractivity contribution in [1.82, 2.24) is 5.32 Å². The van der Waals surface area contributed by atoms with E-state index in [0.717, 1.165) is 11.1 Å². The molecule has 104 valence electrons. The summed E-state index contributed by atoms with van der Waals surface area (Å²) in [5, 5.41) is 16.1. The van der Waals surface area contributed by atoms with Crippen LogP contribution in [0.1, 0.15) is 11.1 Å². The third-order valence-corrected chi connectivity index (χ3v) is 3.01. The molecule has 5 heteroatoms. The largest absolute Gasteiger partial charge is 0.506 e. The van der Waals surface area contributed by atoms with Crippen molar-refractivity contribution in [1.29, 1.82) is 0 Å². The Labute approximate surface area is 122 Å². The van der Waals surface area contributed by atoms with Gasteiger partial charge in [0.05, 0.1) is 5.69 Å². The van der Waals surface area contributed by atoms with Gasteiger partial charge in [0.25, 0.3) is 0 Å². The van der Waals surface area contributed by atoms with E-state index < -0.39 is 0 Å². The second-order valence-electron chi connectivity index (χ2n) is 4.45. The molecule has 0 saturated heterocycles. The molecule has 0 spiro atoms. The normalized spacial score (nSPS) is 10.1. The van der Waals surface area contributed by atoms with Crippen LogP contribution in [0.4, 0.5) is 10.1 Å². The van der Waals surface area contributed by atoms with Crippen LogP contribution in [0.3, 0.4) is 0 Å². The number of aromatic hydroxyl groups is 1. The Morgan fingerprint density at radius 2 is 1.90 bits per heavy atom. The number of nitrogens with one attached hydrogen (secondary N) is 2. The van der Waals surface area contributed by atoms with Crippen LogP contribution in [-0.4, -0.2) is 10.2 Å². The first-order chi connectivity index (χ1) is 9.54. The molecule has 0 radical (unpaired) electrons. The zero-order valence-electron chi connectivity index (χ0n) is 11.0. The number of hydrogen-bond donors (Lipinski definition) is 3. The van der Waals surface area contributed by atoms with E-state index in [9.17, 15) is 9.50 Å². The minimum Gasteiger partial charge on any atom is -0.506 e. The van der Waals surface area contributed by atoms with E-state index in [4.69, 9.17) is 12.2 Å². The lowest BCUT2D eigenvalue weighted by molar-refractivity contribution is 0.477. The Hall–Kier alpha value is -2.14. The lowest BCUT2D eigenvalue weighted by atomic mass is 10.2. The first-order valence-electron chi connectivity index (χ1n) is 6.13. The quantitative estimate of drug-likeness (QED) is 0.599. The van der Waals surface area contributed by atoms with Crippen LogP contribution >= 0.6 is 12.2 Å². The zero-order chi connectivity index (χ0) is 14.5. The lowest BCUT2D eigenvalue weighted by Gasteiger charge is -2.12. The molecular weight excluding hydrogens is 275 g/mol. The molecule has 3 nitrogen and oxygen atoms in total. The van der Waals surface area contributed by atoms with Crippen LogP contribution in [0.5, 0.6) is 5.75 Å². The summed E-state index contributed by atoms with van der Waals surface area (Å²) < 4.78 is 12.8. The Kier molecular flexibility index (Phi) is 4.53. The summed E-state index contributed by atoms with van der Waals surface area (Å²) in [5.41, 5.74) is 2.44. The highest BCUT2D eigenvalue weighted by Gasteiger charge is 2.03. The minimum absolute atomic E-state index is 0.149. The van der Waals surface area contributed by atoms with Gasteiger partial charge in [-0.15, -0.1) is 0 Å². The summed E-state index contributed by atoms with van der Waals surface area (Å²) in [5.74, 6) is -0.116. The van der Waals surface area contributed by atoms with Crippen molar-refractivity contribution in [2.24, 2.45) is 0 Å². The molecule has 0 fully saturated rings. The van der Waals surface area contributed by atoms with E-state index in [-0.39, 0.29) is 11.6 Å². The van der Waals surface area contributed by atoms with Gasteiger partial charge < -0.3 is 15.7 Å². The van der Waals surface area contributed by atoms with E-state index >= 15 is 0 Å². The first kappa shape index (κ1) is 14.3. The van der Waals surface area contributed by atoms with Gasteiger partial charge >= 0.3 is 0 Å². The Balaban J connectivity index is 1.90. The molecule has 0 heterocycles. The number of phenolic OH excluding ortho intramolecular Hbond substituents is 1. The Morgan fingerprint density at radius 1 is 1.20 bits per heavy atom. The standard InChI is InChI=1S/C15H15FN2OS/c1-10-2-7-13(14(19)8-10)18-15(20)17-9-11-3-5-12(16)6-4-11/h2-8,19H,9H2,1H3,(H2,17,18,20). The van der Waals surface area contributed by atoms with Crippen molar-refractivity contribution in [3.63, 3.8) is 0 Å². The average Bonchev–Trinajstić information content (AvgIpc) is 2.41. The van der Waals surface area contributed by atoms with Gasteiger partial charge in [-0.3, -0.25) is 0 Å². The number of benzene rings is 2. The smallest absolute Gasteiger partial charge is 0.171 e. The molecule has 0 aliphatic heterocycles. The van der Waals surface area contributed by atoms with E-state index in [0.29, 0.717) is 17.3 Å². The fraction of sp³-hybridized carbons (Fsp3) is 0.133. The van der Waals surface area contributed by atoms with Gasteiger partial charge in [-0.25, -0.2) is 4.39 Å². The van der Waals surface area contributed by atoms with Crippen molar-refractivity contribution in [2.45, 2.75) is 13.5 Å². The first-order valence-corrected chi connectivity index (χ1v) is 6.54. The highest BCUT2D eigenvalue weighted by molar-refractivity contribution is 7.80. The molecule has 0 amide bonds. The average molecular weight is 290 g/mol. The van der Waals surface area contributed by atoms with Crippen LogP contribution in [0, 0.1) is 12.7 Å². The van der Waals surface area contributed by atoms with E-state index in [1.54, 1.807) is 24.3 Å². The number of anilines is 1. The van der Waals surface area contributed by atoms with Crippen molar-refractivity contribution < 1.29 is 9.50 Å². The molecule has 2 aromatic rings. The van der Waals surface area contributed by atoms with E-state index in [1.807, 2.05) is 13.0 Å². The van der Waals surface area contributed by atoms with Crippen LogP contribution in [-0.2, 0) is 6.54 Å². The summed E-state index contributed by atoms with van der Waals surface area (Å²) in [6.45, 7) is 2.38. The summed E-state index contributed by atoms with van der Waals surface area (Å²) >= 11 is 5.15. The third-order valence-electron chi connectivity index (χ3n) is 2.77. The topological polar surface area (TPSA) is 44.3 Å². The monoisotopic (exact) mass is 290 g/mol. The molecule has 2 aromatic carbocycles. The van der Waals surface area contributed by atoms with Crippen molar-refractivity contribution in [2.75, 3.05) is 5.32 Å². The zero-order valence-corrected chi connectivity index (χ0v) is 11.8. The SMILES string of the molecule is Cc1ccc(NC(=S)NCc2ccc(F)cc2)c(O)c1. The Bertz CT molecular complexity index is 614. The number of aryl methyl sites for hydroxylation is 1. The summed E-state index contributed by atoms with van der Waals surface area (Å²) in [4.78, 5) is 0. The van der Waals surface area contributed by atoms with Crippen LogP contribution < -0.4 is 10.6 Å². The van der Waals surface area contributed by atoms with Gasteiger partial charge in [0.2, 0.25) is 0 Å². The fourth-order valence-electron chi connectivity index (χ4n) is 1.70. The number of hydrogen-bond acceptors (Lipinski definition) is 2. The maximum atomic E-state index is 12.8. The van der Waals surface area contributed by atoms with E-state index in [1.165, 1.54) is 12.1 Å². The molecule has 0 unspecified atom stereocenters. The molecule has 0 saturated carbocycles. The van der Waals surface area contributed by atoms with Crippen molar-refractivity contribution >= 4 is 23.0 Å². The van der Waals surface area contributed by atoms with Crippen molar-refractivity contribution in [3.8, 4) is 5.75 Å². The molecule has 0 bridgehead atoms. The molecule has 0 aromatic heterocycles. The Morgan fingerprint density at radius 3 is 2.55 bits per heavy atom. The van der Waals surface area contributed by atoms with Crippen LogP contribution in [0.15, 0.2) is 42.5 Å². The number of halogens is 1. The molecular formula is C15H15FN2OS. The highest BCUT2D eigenvalue weighted by atomic mass is 32.1. The van der Waals surface area contributed by atoms with Gasteiger partial charge in [0, 0.05) is 6.54 Å². The molecule has 3 N–H and O–H groups in total. The van der Waals surface area contributed by atoms with Gasteiger partial charge in [-0.1, -0.05) is 18.2 Å². The maximum Gasteiger partial charge on any atom is 0.171 e. The van der Waals surface area contributed by atoms with E-state index in [2.05, 4.69) is 10.6 Å². The molecule has 0 aliphatic rings. The summed E-state index contributed by atoms with van der Waals surface area (Å²) in [7, 11) is 0. The number of rotatable bonds is 3. The van der Waals surface area contributed by atoms with Crippen molar-refractivity contribution in [3.05, 3.63) is 59.4 Å². The predicted molar refractivity (Wildman–Crippen MR) is 82.3 cm³/mol. The molecule has 2 rings (SSSR count). The fourth-order valence-corrected chi connectivity index (χ4v) is 1.88. The number of thiocarbonyl (C=S) groups is 1. The van der Waals surface area contributed by atoms with Gasteiger partial charge in [0.15, 0.2) is 5.11 Å². The molecule has 20 heavy (non-hydrogen) atoms. The summed E-state index contributed by atoms with van der Waals surface area (Å²) in [6, 6.07) is 11.5. The third kappa shape index (κ3) is 3.93. The molecule has 0 atom stereocenters. The van der Waals surface area contributed by atoms with Gasteiger partial charge in [0.1, 0.15) is 11.6 Å². The van der Waals surface area contributed by atoms with Gasteiger partial charge in [-0.05, 0) is 54.5 Å². The maximum absolute atomic E-state index is 12.8. The minimum atomic E-state index is -0.265. The summed E-state index contributed by atoms with van der Waals surface area (Å²) in [6.07, 6.45) is 0. The van der Waals surface area contributed by atoms with Gasteiger partial charge in [-0.2, -0.15) is 0 Å². The molecule has 0 aliphatic carbocycles. The second-order valence-corrected chi connectivity index (χ2v) is 4.86. The number of phenols is 1. The predicted octanol–water partition coefficient (Wildman–Crippen LogP) is 3.33. The lowest BCUT2D eigenvalue weighted by Crippen LogP contribution is -2.27. The second kappa shape index (κ2) is 6.34. The highest BCUT2D eigenvalue weighted by Crippen LogP contribution is 2.23.